The van der Waals surface area contributed by atoms with E-state index in [1.165, 1.54) is 16.9 Å². The zero-order valence-electron chi connectivity index (χ0n) is 13.7. The van der Waals surface area contributed by atoms with Crippen LogP contribution in [0.15, 0.2) is 35.7 Å². The van der Waals surface area contributed by atoms with Gasteiger partial charge in [0.2, 0.25) is 0 Å². The summed E-state index contributed by atoms with van der Waals surface area (Å²) in [6.45, 7) is 4.84. The monoisotopic (exact) mass is 341 g/mol. The Kier molecular flexibility index (Phi) is 5.00. The predicted octanol–water partition coefficient (Wildman–Crippen LogP) is 2.37. The summed E-state index contributed by atoms with van der Waals surface area (Å²) < 4.78 is 1.79. The van der Waals surface area contributed by atoms with Gasteiger partial charge in [0, 0.05) is 18.3 Å². The maximum absolute atomic E-state index is 12.2. The molecule has 0 saturated heterocycles. The lowest BCUT2D eigenvalue weighted by Crippen LogP contribution is -2.28. The summed E-state index contributed by atoms with van der Waals surface area (Å²) in [6, 6.07) is 10.1. The minimum absolute atomic E-state index is 0.153. The highest BCUT2D eigenvalue weighted by Crippen LogP contribution is 2.14. The summed E-state index contributed by atoms with van der Waals surface area (Å²) in [5, 5.41) is 9.89. The van der Waals surface area contributed by atoms with Gasteiger partial charge in [-0.1, -0.05) is 30.3 Å². The number of nitrogens with one attached hydrogen (secondary N) is 1. The summed E-state index contributed by atoms with van der Waals surface area (Å²) in [7, 11) is 0. The molecule has 3 rings (SSSR count). The number of benzene rings is 1. The van der Waals surface area contributed by atoms with Crippen molar-refractivity contribution in [3.8, 4) is 0 Å². The molecule has 24 heavy (non-hydrogen) atoms. The summed E-state index contributed by atoms with van der Waals surface area (Å²) in [5.41, 5.74) is 1.66. The van der Waals surface area contributed by atoms with Crippen molar-refractivity contribution in [2.45, 2.75) is 26.8 Å². The van der Waals surface area contributed by atoms with Gasteiger partial charge in [0.1, 0.15) is 17.3 Å². The molecule has 0 aliphatic carbocycles. The Bertz CT molecular complexity index is 825. The lowest BCUT2D eigenvalue weighted by Gasteiger charge is -2.04. The van der Waals surface area contributed by atoms with Crippen molar-refractivity contribution in [1.82, 2.24) is 25.1 Å². The van der Waals surface area contributed by atoms with E-state index >= 15 is 0 Å². The Morgan fingerprint density at radius 1 is 1.21 bits per heavy atom. The molecule has 0 radical (unpaired) electrons. The Hall–Kier alpha value is -2.54. The second-order valence-corrected chi connectivity index (χ2v) is 6.42. The van der Waals surface area contributed by atoms with Crippen LogP contribution in [0, 0.1) is 13.8 Å². The van der Waals surface area contributed by atoms with Gasteiger partial charge in [-0.2, -0.15) is 5.10 Å². The van der Waals surface area contributed by atoms with Crippen LogP contribution in [0.5, 0.6) is 0 Å². The maximum Gasteiger partial charge on any atom is 0.270 e. The molecule has 0 saturated carbocycles. The standard InChI is InChI=1S/C17H19N5OS/c1-12-19-13(2)22(21-12)9-8-18-17(23)15-11-24-16(20-15)10-14-6-4-3-5-7-14/h3-7,11H,8-10H2,1-2H3,(H,18,23). The highest BCUT2D eigenvalue weighted by Gasteiger charge is 2.11. The van der Waals surface area contributed by atoms with Crippen LogP contribution in [-0.2, 0) is 13.0 Å². The fourth-order valence-electron chi connectivity index (χ4n) is 2.41. The number of carbonyl (C=O) groups excluding carboxylic acids is 1. The van der Waals surface area contributed by atoms with E-state index in [4.69, 9.17) is 0 Å². The van der Waals surface area contributed by atoms with E-state index in [0.29, 0.717) is 18.8 Å². The number of aryl methyl sites for hydroxylation is 2. The van der Waals surface area contributed by atoms with Gasteiger partial charge < -0.3 is 5.32 Å². The summed E-state index contributed by atoms with van der Waals surface area (Å²) in [4.78, 5) is 20.8. The van der Waals surface area contributed by atoms with Crippen LogP contribution in [0.1, 0.15) is 32.7 Å². The molecule has 0 fully saturated rings. The number of hydrogen-bond donors (Lipinski definition) is 1. The van der Waals surface area contributed by atoms with E-state index in [2.05, 4.69) is 32.5 Å². The van der Waals surface area contributed by atoms with Crippen molar-refractivity contribution < 1.29 is 4.79 Å². The molecule has 124 valence electrons. The van der Waals surface area contributed by atoms with Gasteiger partial charge in [-0.05, 0) is 19.4 Å². The Morgan fingerprint density at radius 2 is 2.00 bits per heavy atom. The smallest absolute Gasteiger partial charge is 0.270 e. The molecule has 0 aliphatic rings. The minimum atomic E-state index is -0.153. The van der Waals surface area contributed by atoms with Crippen LogP contribution in [0.4, 0.5) is 0 Å². The Balaban J connectivity index is 1.53. The third-order valence-corrected chi connectivity index (χ3v) is 4.40. The first-order chi connectivity index (χ1) is 11.6. The molecule has 1 amide bonds. The lowest BCUT2D eigenvalue weighted by molar-refractivity contribution is 0.0947. The number of rotatable bonds is 6. The lowest BCUT2D eigenvalue weighted by atomic mass is 10.2. The first kappa shape index (κ1) is 16.3. The van der Waals surface area contributed by atoms with E-state index in [1.54, 1.807) is 10.1 Å². The molecule has 0 atom stereocenters. The zero-order valence-corrected chi connectivity index (χ0v) is 14.5. The van der Waals surface area contributed by atoms with Gasteiger partial charge >= 0.3 is 0 Å². The normalized spacial score (nSPS) is 10.8. The van der Waals surface area contributed by atoms with Crippen molar-refractivity contribution in [1.29, 1.82) is 0 Å². The van der Waals surface area contributed by atoms with Crippen LogP contribution in [0.2, 0.25) is 0 Å². The van der Waals surface area contributed by atoms with E-state index in [0.717, 1.165) is 23.1 Å². The average molecular weight is 341 g/mol. The van der Waals surface area contributed by atoms with Crippen LogP contribution in [0.3, 0.4) is 0 Å². The number of thiazole rings is 1. The molecule has 3 aromatic rings. The third kappa shape index (κ3) is 4.05. The summed E-state index contributed by atoms with van der Waals surface area (Å²) in [5.74, 6) is 1.43. The molecule has 0 bridgehead atoms. The highest BCUT2D eigenvalue weighted by molar-refractivity contribution is 7.09. The van der Waals surface area contributed by atoms with Crippen LogP contribution in [0.25, 0.3) is 0 Å². The van der Waals surface area contributed by atoms with Crippen molar-refractivity contribution in [3.63, 3.8) is 0 Å². The number of nitrogens with zero attached hydrogens (tertiary/aromatic N) is 4. The minimum Gasteiger partial charge on any atom is -0.349 e. The molecular weight excluding hydrogens is 322 g/mol. The van der Waals surface area contributed by atoms with Crippen LogP contribution >= 0.6 is 11.3 Å². The van der Waals surface area contributed by atoms with Crippen molar-refractivity contribution in [2.75, 3.05) is 6.54 Å². The van der Waals surface area contributed by atoms with Gasteiger partial charge in [0.15, 0.2) is 0 Å². The largest absolute Gasteiger partial charge is 0.349 e. The van der Waals surface area contributed by atoms with Crippen molar-refractivity contribution >= 4 is 17.2 Å². The quantitative estimate of drug-likeness (QED) is 0.747. The first-order valence-electron chi connectivity index (χ1n) is 7.76. The average Bonchev–Trinajstić information content (AvgIpc) is 3.15. The molecule has 1 aromatic carbocycles. The fourth-order valence-corrected chi connectivity index (χ4v) is 3.21. The zero-order chi connectivity index (χ0) is 16.9. The van der Waals surface area contributed by atoms with Crippen molar-refractivity contribution in [2.24, 2.45) is 0 Å². The van der Waals surface area contributed by atoms with Crippen molar-refractivity contribution in [3.05, 3.63) is 63.6 Å². The van der Waals surface area contributed by atoms with Gasteiger partial charge in [-0.25, -0.2) is 14.6 Å². The molecule has 0 aliphatic heterocycles. The summed E-state index contributed by atoms with van der Waals surface area (Å²) >= 11 is 1.51. The third-order valence-electron chi connectivity index (χ3n) is 3.55. The summed E-state index contributed by atoms with van der Waals surface area (Å²) in [6.07, 6.45) is 0.746. The second-order valence-electron chi connectivity index (χ2n) is 5.47. The topological polar surface area (TPSA) is 72.7 Å². The highest BCUT2D eigenvalue weighted by atomic mass is 32.1. The van der Waals surface area contributed by atoms with E-state index in [1.807, 2.05) is 32.0 Å². The molecule has 7 heteroatoms. The van der Waals surface area contributed by atoms with E-state index in [9.17, 15) is 4.79 Å². The molecular formula is C17H19N5OS. The predicted molar refractivity (Wildman–Crippen MR) is 93.2 cm³/mol. The maximum atomic E-state index is 12.2. The number of hydrogen-bond acceptors (Lipinski definition) is 5. The molecule has 6 nitrogen and oxygen atoms in total. The molecule has 2 aromatic heterocycles. The van der Waals surface area contributed by atoms with E-state index < -0.39 is 0 Å². The van der Waals surface area contributed by atoms with Gasteiger partial charge in [-0.3, -0.25) is 4.79 Å². The Morgan fingerprint density at radius 3 is 2.71 bits per heavy atom. The second kappa shape index (κ2) is 7.35. The number of carbonyl (C=O) groups is 1. The SMILES string of the molecule is Cc1nc(C)n(CCNC(=O)c2csc(Cc3ccccc3)n2)n1. The first-order valence-corrected chi connectivity index (χ1v) is 8.64. The number of aromatic nitrogens is 4. The van der Waals surface area contributed by atoms with Crippen LogP contribution in [-0.4, -0.2) is 32.2 Å². The van der Waals surface area contributed by atoms with Crippen LogP contribution < -0.4 is 5.32 Å². The van der Waals surface area contributed by atoms with Gasteiger partial charge in [0.05, 0.1) is 11.6 Å². The van der Waals surface area contributed by atoms with E-state index in [-0.39, 0.29) is 5.91 Å². The van der Waals surface area contributed by atoms with Gasteiger partial charge in [0.25, 0.3) is 5.91 Å². The molecule has 0 spiro atoms. The van der Waals surface area contributed by atoms with Gasteiger partial charge in [-0.15, -0.1) is 11.3 Å². The Labute approximate surface area is 144 Å². The number of amides is 1. The molecule has 0 unspecified atom stereocenters. The molecule has 1 N–H and O–H groups in total. The fraction of sp³-hybridized carbons (Fsp3) is 0.294. The molecule has 2 heterocycles.